The van der Waals surface area contributed by atoms with E-state index in [1.807, 2.05) is 18.2 Å². The van der Waals surface area contributed by atoms with Crippen LogP contribution >= 0.6 is 38.9 Å². The molecule has 82 valence electrons. The van der Waals surface area contributed by atoms with Crippen LogP contribution in [0.25, 0.3) is 0 Å². The Bertz CT molecular complexity index is 531. The number of carbonyl (C=O) groups is 1. The van der Waals surface area contributed by atoms with E-state index in [1.54, 1.807) is 6.07 Å². The molecule has 0 saturated heterocycles. The van der Waals surface area contributed by atoms with Gasteiger partial charge in [-0.1, -0.05) is 23.5 Å². The monoisotopic (exact) mass is 317 g/mol. The molecule has 1 aromatic carbocycles. The second-order valence-corrected chi connectivity index (χ2v) is 5.21. The largest absolute Gasteiger partial charge is 0.319 e. The van der Waals surface area contributed by atoms with Gasteiger partial charge in [-0.25, -0.2) is 0 Å². The molecule has 1 amide bonds. The Morgan fingerprint density at radius 1 is 1.38 bits per heavy atom. The average molecular weight is 319 g/mol. The lowest BCUT2D eigenvalue weighted by atomic mass is 10.3. The number of para-hydroxylation sites is 1. The smallest absolute Gasteiger partial charge is 0.286 e. The summed E-state index contributed by atoms with van der Waals surface area (Å²) in [6, 6.07) is 7.31. The summed E-state index contributed by atoms with van der Waals surface area (Å²) in [4.78, 5) is 11.7. The van der Waals surface area contributed by atoms with Crippen molar-refractivity contribution in [3.8, 4) is 0 Å². The Hall–Kier alpha value is -0.980. The van der Waals surface area contributed by atoms with E-state index >= 15 is 0 Å². The number of nitrogens with one attached hydrogen (secondary N) is 1. The van der Waals surface area contributed by atoms with Crippen LogP contribution in [0.2, 0.25) is 4.47 Å². The molecule has 0 aliphatic rings. The minimum absolute atomic E-state index is 0.237. The quantitative estimate of drug-likeness (QED) is 0.925. The van der Waals surface area contributed by atoms with Crippen LogP contribution in [0.5, 0.6) is 0 Å². The predicted octanol–water partition coefficient (Wildman–Crippen LogP) is 3.21. The zero-order valence-corrected chi connectivity index (χ0v) is 10.9. The molecule has 0 saturated carbocycles. The Labute approximate surface area is 109 Å². The van der Waals surface area contributed by atoms with E-state index in [1.165, 1.54) is 0 Å². The fraction of sp³-hybridized carbons (Fsp3) is 0. The van der Waals surface area contributed by atoms with Gasteiger partial charge in [0.05, 0.1) is 5.69 Å². The Kier molecular flexibility index (Phi) is 3.52. The number of halogens is 2. The van der Waals surface area contributed by atoms with Gasteiger partial charge in [-0.05, 0) is 39.7 Å². The van der Waals surface area contributed by atoms with Gasteiger partial charge in [-0.15, -0.1) is 10.2 Å². The number of nitrogens with zero attached hydrogens (tertiary/aromatic N) is 2. The molecule has 2 aromatic rings. The highest BCUT2D eigenvalue weighted by molar-refractivity contribution is 9.10. The van der Waals surface area contributed by atoms with Gasteiger partial charge < -0.3 is 5.32 Å². The molecule has 0 spiro atoms. The van der Waals surface area contributed by atoms with E-state index < -0.39 is 0 Å². The summed E-state index contributed by atoms with van der Waals surface area (Å²) in [5.74, 6) is -0.323. The third-order valence-electron chi connectivity index (χ3n) is 1.72. The van der Waals surface area contributed by atoms with E-state index in [-0.39, 0.29) is 15.4 Å². The molecule has 0 atom stereocenters. The third kappa shape index (κ3) is 2.58. The summed E-state index contributed by atoms with van der Waals surface area (Å²) in [6.45, 7) is 0. The molecule has 1 aromatic heterocycles. The van der Waals surface area contributed by atoms with Crippen molar-refractivity contribution >= 4 is 50.5 Å². The summed E-state index contributed by atoms with van der Waals surface area (Å²) in [6.07, 6.45) is 0. The fourth-order valence-corrected chi connectivity index (χ4v) is 2.14. The van der Waals surface area contributed by atoms with E-state index in [2.05, 4.69) is 31.4 Å². The molecule has 1 N–H and O–H groups in total. The van der Waals surface area contributed by atoms with Crippen molar-refractivity contribution in [1.29, 1.82) is 0 Å². The van der Waals surface area contributed by atoms with Crippen molar-refractivity contribution in [2.24, 2.45) is 0 Å². The maximum Gasteiger partial charge on any atom is 0.286 e. The number of anilines is 1. The van der Waals surface area contributed by atoms with Gasteiger partial charge in [-0.2, -0.15) is 0 Å². The molecule has 0 fully saturated rings. The average Bonchev–Trinajstić information content (AvgIpc) is 2.68. The van der Waals surface area contributed by atoms with Crippen molar-refractivity contribution in [1.82, 2.24) is 10.2 Å². The summed E-state index contributed by atoms with van der Waals surface area (Å²) in [5.41, 5.74) is 0.679. The summed E-state index contributed by atoms with van der Waals surface area (Å²) >= 11 is 9.96. The number of hydrogen-bond acceptors (Lipinski definition) is 4. The lowest BCUT2D eigenvalue weighted by Crippen LogP contribution is -2.11. The van der Waals surface area contributed by atoms with Crippen LogP contribution in [0.3, 0.4) is 0 Å². The van der Waals surface area contributed by atoms with E-state index in [0.29, 0.717) is 5.69 Å². The second-order valence-electron chi connectivity index (χ2n) is 2.79. The number of amides is 1. The minimum atomic E-state index is -0.323. The van der Waals surface area contributed by atoms with Crippen LogP contribution in [-0.4, -0.2) is 16.1 Å². The van der Waals surface area contributed by atoms with E-state index in [0.717, 1.165) is 15.8 Å². The highest BCUT2D eigenvalue weighted by Crippen LogP contribution is 2.23. The Morgan fingerprint density at radius 2 is 2.12 bits per heavy atom. The number of hydrogen-bond donors (Lipinski definition) is 1. The van der Waals surface area contributed by atoms with E-state index in [4.69, 9.17) is 11.6 Å². The van der Waals surface area contributed by atoms with Crippen LogP contribution in [0.1, 0.15) is 9.80 Å². The normalized spacial score (nSPS) is 10.1. The molecule has 0 bridgehead atoms. The molecule has 0 radical (unpaired) electrons. The SMILES string of the molecule is O=C(Nc1ccccc1Br)c1nnc(Cl)s1. The van der Waals surface area contributed by atoms with Gasteiger partial charge in [0.2, 0.25) is 9.47 Å². The van der Waals surface area contributed by atoms with Gasteiger partial charge in [0.1, 0.15) is 0 Å². The molecule has 16 heavy (non-hydrogen) atoms. The molecule has 0 unspecified atom stereocenters. The lowest BCUT2D eigenvalue weighted by Gasteiger charge is -2.04. The molecule has 1 heterocycles. The predicted molar refractivity (Wildman–Crippen MR) is 67.0 cm³/mol. The highest BCUT2D eigenvalue weighted by Gasteiger charge is 2.12. The highest BCUT2D eigenvalue weighted by atomic mass is 79.9. The second kappa shape index (κ2) is 4.90. The van der Waals surface area contributed by atoms with Crippen LogP contribution in [0, 0.1) is 0 Å². The van der Waals surface area contributed by atoms with Gasteiger partial charge in [0, 0.05) is 4.47 Å². The number of aromatic nitrogens is 2. The van der Waals surface area contributed by atoms with Crippen molar-refractivity contribution in [3.63, 3.8) is 0 Å². The lowest BCUT2D eigenvalue weighted by molar-refractivity contribution is 0.102. The van der Waals surface area contributed by atoms with Gasteiger partial charge >= 0.3 is 0 Å². The first kappa shape index (κ1) is 11.5. The van der Waals surface area contributed by atoms with Crippen LogP contribution in [-0.2, 0) is 0 Å². The molecular formula is C9H5BrClN3OS. The van der Waals surface area contributed by atoms with Crippen molar-refractivity contribution in [2.45, 2.75) is 0 Å². The van der Waals surface area contributed by atoms with Crippen LogP contribution < -0.4 is 5.32 Å². The summed E-state index contributed by atoms with van der Waals surface area (Å²) in [7, 11) is 0. The summed E-state index contributed by atoms with van der Waals surface area (Å²) < 4.78 is 1.05. The Balaban J connectivity index is 2.17. The first-order valence-electron chi connectivity index (χ1n) is 4.21. The van der Waals surface area contributed by atoms with Gasteiger partial charge in [-0.3, -0.25) is 4.79 Å². The topological polar surface area (TPSA) is 54.9 Å². The third-order valence-corrected chi connectivity index (χ3v) is 3.43. The fourth-order valence-electron chi connectivity index (χ4n) is 1.04. The maximum absolute atomic E-state index is 11.7. The number of benzene rings is 1. The Morgan fingerprint density at radius 3 is 2.75 bits per heavy atom. The maximum atomic E-state index is 11.7. The van der Waals surface area contributed by atoms with Crippen molar-refractivity contribution in [3.05, 3.63) is 38.2 Å². The molecule has 2 rings (SSSR count). The zero-order valence-electron chi connectivity index (χ0n) is 7.78. The molecule has 4 nitrogen and oxygen atoms in total. The van der Waals surface area contributed by atoms with Crippen LogP contribution in [0.15, 0.2) is 28.7 Å². The van der Waals surface area contributed by atoms with Gasteiger partial charge in [0.25, 0.3) is 5.91 Å². The van der Waals surface area contributed by atoms with E-state index in [9.17, 15) is 4.79 Å². The van der Waals surface area contributed by atoms with Crippen molar-refractivity contribution in [2.75, 3.05) is 5.32 Å². The van der Waals surface area contributed by atoms with Crippen LogP contribution in [0.4, 0.5) is 5.69 Å². The standard InChI is InChI=1S/C9H5BrClN3OS/c10-5-3-1-2-4-6(5)12-7(15)8-13-14-9(11)16-8/h1-4H,(H,12,15). The summed E-state index contributed by atoms with van der Waals surface area (Å²) in [5, 5.41) is 10.2. The van der Waals surface area contributed by atoms with Gasteiger partial charge in [0.15, 0.2) is 0 Å². The molecular weight excluding hydrogens is 314 g/mol. The molecule has 7 heteroatoms. The number of rotatable bonds is 2. The van der Waals surface area contributed by atoms with Crippen molar-refractivity contribution < 1.29 is 4.79 Å². The first-order chi connectivity index (χ1) is 7.66. The number of carbonyl (C=O) groups excluding carboxylic acids is 1. The minimum Gasteiger partial charge on any atom is -0.319 e. The molecule has 0 aliphatic heterocycles. The zero-order chi connectivity index (χ0) is 11.5. The first-order valence-corrected chi connectivity index (χ1v) is 6.20. The molecule has 0 aliphatic carbocycles.